The van der Waals surface area contributed by atoms with Crippen LogP contribution in [0.3, 0.4) is 0 Å². The molecule has 2 atom stereocenters. The van der Waals surface area contributed by atoms with Gasteiger partial charge in [-0.25, -0.2) is 4.39 Å². The van der Waals surface area contributed by atoms with Gasteiger partial charge in [0.2, 0.25) is 5.91 Å². The normalized spacial score (nSPS) is 12.9. The van der Waals surface area contributed by atoms with Crippen LogP contribution in [0.15, 0.2) is 46.9 Å². The molecule has 2 aromatic carbocycles. The third-order valence-electron chi connectivity index (χ3n) is 5.41. The number of ether oxygens (including phenoxy) is 1. The summed E-state index contributed by atoms with van der Waals surface area (Å²) >= 11 is 3.50. The maximum Gasteiger partial charge on any atom is 0.261 e. The van der Waals surface area contributed by atoms with Crippen molar-refractivity contribution < 1.29 is 18.7 Å². The lowest BCUT2D eigenvalue weighted by Gasteiger charge is -2.29. The first-order valence-corrected chi connectivity index (χ1v) is 11.7. The van der Waals surface area contributed by atoms with Crippen LogP contribution in [0.1, 0.15) is 58.1 Å². The lowest BCUT2D eigenvalue weighted by Crippen LogP contribution is -2.50. The Morgan fingerprint density at radius 1 is 1.09 bits per heavy atom. The van der Waals surface area contributed by atoms with E-state index in [1.807, 2.05) is 32.0 Å². The highest BCUT2D eigenvalue weighted by atomic mass is 79.9. The SMILES string of the molecule is CC[C@H](C)NC(=O)[C@H](C)N(Cc1ccc(F)cc1)C(=O)COc1ccc(C(C)C)cc1Br. The summed E-state index contributed by atoms with van der Waals surface area (Å²) in [4.78, 5) is 27.3. The van der Waals surface area contributed by atoms with Gasteiger partial charge in [-0.2, -0.15) is 0 Å². The lowest BCUT2D eigenvalue weighted by atomic mass is 10.0. The molecule has 0 radical (unpaired) electrons. The van der Waals surface area contributed by atoms with E-state index < -0.39 is 6.04 Å². The van der Waals surface area contributed by atoms with Gasteiger partial charge in [-0.3, -0.25) is 9.59 Å². The molecule has 5 nitrogen and oxygen atoms in total. The van der Waals surface area contributed by atoms with Gasteiger partial charge in [-0.05, 0) is 77.5 Å². The van der Waals surface area contributed by atoms with Gasteiger partial charge in [0.05, 0.1) is 4.47 Å². The summed E-state index contributed by atoms with van der Waals surface area (Å²) in [7, 11) is 0. The fraction of sp³-hybridized carbons (Fsp3) is 0.440. The van der Waals surface area contributed by atoms with Crippen LogP contribution in [0.2, 0.25) is 0 Å². The Labute approximate surface area is 198 Å². The van der Waals surface area contributed by atoms with E-state index in [9.17, 15) is 14.0 Å². The van der Waals surface area contributed by atoms with E-state index in [4.69, 9.17) is 4.74 Å². The molecule has 7 heteroatoms. The monoisotopic (exact) mass is 506 g/mol. The molecule has 0 unspecified atom stereocenters. The van der Waals surface area contributed by atoms with Crippen molar-refractivity contribution in [3.05, 3.63) is 63.9 Å². The van der Waals surface area contributed by atoms with E-state index in [-0.39, 0.29) is 36.8 Å². The number of nitrogens with one attached hydrogen (secondary N) is 1. The third-order valence-corrected chi connectivity index (χ3v) is 6.03. The second kappa shape index (κ2) is 12.0. The average molecular weight is 507 g/mol. The zero-order chi connectivity index (χ0) is 23.8. The highest BCUT2D eigenvalue weighted by Crippen LogP contribution is 2.29. The molecule has 32 heavy (non-hydrogen) atoms. The van der Waals surface area contributed by atoms with Crippen LogP contribution in [-0.4, -0.2) is 35.4 Å². The Morgan fingerprint density at radius 2 is 1.75 bits per heavy atom. The van der Waals surface area contributed by atoms with Crippen molar-refractivity contribution in [3.8, 4) is 5.75 Å². The Balaban J connectivity index is 2.17. The highest BCUT2D eigenvalue weighted by molar-refractivity contribution is 9.10. The molecule has 2 amide bonds. The summed E-state index contributed by atoms with van der Waals surface area (Å²) in [6.07, 6.45) is 0.786. The van der Waals surface area contributed by atoms with Gasteiger partial charge in [0.15, 0.2) is 6.61 Å². The van der Waals surface area contributed by atoms with Gasteiger partial charge < -0.3 is 15.0 Å². The van der Waals surface area contributed by atoms with E-state index in [2.05, 4.69) is 35.1 Å². The predicted octanol–water partition coefficient (Wildman–Crippen LogP) is 5.42. The van der Waals surface area contributed by atoms with Crippen LogP contribution in [-0.2, 0) is 16.1 Å². The van der Waals surface area contributed by atoms with E-state index in [0.717, 1.165) is 22.0 Å². The first-order valence-electron chi connectivity index (χ1n) is 10.9. The van der Waals surface area contributed by atoms with Gasteiger partial charge in [-0.15, -0.1) is 0 Å². The van der Waals surface area contributed by atoms with Crippen LogP contribution < -0.4 is 10.1 Å². The maximum absolute atomic E-state index is 13.3. The standard InChI is InChI=1S/C25H32BrFN2O3/c1-6-17(4)28-25(31)18(5)29(14-19-7-10-21(27)11-8-19)24(30)15-32-23-12-9-20(16(2)3)13-22(23)26/h7-13,16-18H,6,14-15H2,1-5H3,(H,28,31)/t17-,18-/m0/s1. The molecule has 0 bridgehead atoms. The minimum Gasteiger partial charge on any atom is -0.483 e. The number of hydrogen-bond donors (Lipinski definition) is 1. The Hall–Kier alpha value is -2.41. The van der Waals surface area contributed by atoms with E-state index in [1.165, 1.54) is 17.0 Å². The second-order valence-corrected chi connectivity index (χ2v) is 9.13. The number of rotatable bonds is 10. The molecule has 0 saturated carbocycles. The van der Waals surface area contributed by atoms with E-state index >= 15 is 0 Å². The topological polar surface area (TPSA) is 58.6 Å². The predicted molar refractivity (Wildman–Crippen MR) is 128 cm³/mol. The molecule has 1 N–H and O–H groups in total. The van der Waals surface area contributed by atoms with Crippen molar-refractivity contribution in [2.24, 2.45) is 0 Å². The second-order valence-electron chi connectivity index (χ2n) is 8.28. The largest absolute Gasteiger partial charge is 0.483 e. The zero-order valence-electron chi connectivity index (χ0n) is 19.3. The van der Waals surface area contributed by atoms with Gasteiger partial charge >= 0.3 is 0 Å². The maximum atomic E-state index is 13.3. The third kappa shape index (κ3) is 7.33. The first kappa shape index (κ1) is 25.8. The average Bonchev–Trinajstić information content (AvgIpc) is 2.76. The van der Waals surface area contributed by atoms with Crippen molar-refractivity contribution in [2.75, 3.05) is 6.61 Å². The van der Waals surface area contributed by atoms with E-state index in [0.29, 0.717) is 11.7 Å². The molecule has 2 rings (SSSR count). The number of carbonyl (C=O) groups excluding carboxylic acids is 2. The van der Waals surface area contributed by atoms with Crippen LogP contribution in [0.4, 0.5) is 4.39 Å². The van der Waals surface area contributed by atoms with Gasteiger partial charge in [0.25, 0.3) is 5.91 Å². The number of hydrogen-bond acceptors (Lipinski definition) is 3. The molecule has 0 fully saturated rings. The number of benzene rings is 2. The fourth-order valence-electron chi connectivity index (χ4n) is 3.05. The molecule has 174 valence electrons. The van der Waals surface area contributed by atoms with Crippen LogP contribution in [0.25, 0.3) is 0 Å². The van der Waals surface area contributed by atoms with E-state index in [1.54, 1.807) is 19.1 Å². The summed E-state index contributed by atoms with van der Waals surface area (Å²) in [6, 6.07) is 11.0. The summed E-state index contributed by atoms with van der Waals surface area (Å²) in [5.41, 5.74) is 1.88. The summed E-state index contributed by atoms with van der Waals surface area (Å²) in [5.74, 6) is 0.00436. The Morgan fingerprint density at radius 3 is 2.31 bits per heavy atom. The Kier molecular flexibility index (Phi) is 9.69. The molecule has 0 aromatic heterocycles. The van der Waals surface area contributed by atoms with Crippen LogP contribution in [0, 0.1) is 5.82 Å². The zero-order valence-corrected chi connectivity index (χ0v) is 20.9. The first-order chi connectivity index (χ1) is 15.1. The highest BCUT2D eigenvalue weighted by Gasteiger charge is 2.27. The summed E-state index contributed by atoms with van der Waals surface area (Å²) in [6.45, 7) is 9.74. The van der Waals surface area contributed by atoms with Gasteiger partial charge in [-0.1, -0.05) is 39.0 Å². The van der Waals surface area contributed by atoms with Crippen molar-refractivity contribution >= 4 is 27.7 Å². The number of halogens is 2. The molecule has 0 aliphatic rings. The van der Waals surface area contributed by atoms with Crippen molar-refractivity contribution in [3.63, 3.8) is 0 Å². The molecule has 0 spiro atoms. The van der Waals surface area contributed by atoms with Crippen LogP contribution >= 0.6 is 15.9 Å². The molecule has 2 aromatic rings. The van der Waals surface area contributed by atoms with Crippen molar-refractivity contribution in [2.45, 2.75) is 65.6 Å². The minimum absolute atomic E-state index is 0.000555. The minimum atomic E-state index is -0.711. The van der Waals surface area contributed by atoms with Crippen LogP contribution in [0.5, 0.6) is 5.75 Å². The number of amides is 2. The molecule has 0 aliphatic heterocycles. The number of nitrogens with zero attached hydrogens (tertiary/aromatic N) is 1. The fourth-order valence-corrected chi connectivity index (χ4v) is 3.56. The number of carbonyl (C=O) groups is 2. The molecular formula is C25H32BrFN2O3. The van der Waals surface area contributed by atoms with Gasteiger partial charge in [0.1, 0.15) is 17.6 Å². The Bertz CT molecular complexity index is 918. The molecular weight excluding hydrogens is 475 g/mol. The van der Waals surface area contributed by atoms with Crippen molar-refractivity contribution in [1.29, 1.82) is 0 Å². The van der Waals surface area contributed by atoms with Crippen molar-refractivity contribution in [1.82, 2.24) is 10.2 Å². The molecule has 0 heterocycles. The quantitative estimate of drug-likeness (QED) is 0.467. The smallest absolute Gasteiger partial charge is 0.261 e. The van der Waals surface area contributed by atoms with Gasteiger partial charge in [0, 0.05) is 12.6 Å². The summed E-state index contributed by atoms with van der Waals surface area (Å²) < 4.78 is 19.8. The molecule has 0 saturated heterocycles. The summed E-state index contributed by atoms with van der Waals surface area (Å²) in [5, 5.41) is 2.92. The molecule has 0 aliphatic carbocycles. The lowest BCUT2D eigenvalue weighted by molar-refractivity contribution is -0.142.